The Morgan fingerprint density at radius 1 is 1.44 bits per heavy atom. The van der Waals surface area contributed by atoms with Crippen molar-refractivity contribution < 1.29 is 4.79 Å². The first-order valence-corrected chi connectivity index (χ1v) is 6.68. The summed E-state index contributed by atoms with van der Waals surface area (Å²) in [5, 5.41) is 3.19. The van der Waals surface area contributed by atoms with Crippen LogP contribution in [0.25, 0.3) is 0 Å². The predicted molar refractivity (Wildman–Crippen MR) is 73.4 cm³/mol. The number of carbonyl (C=O) groups is 1. The van der Waals surface area contributed by atoms with Crippen LogP contribution in [0.4, 0.5) is 0 Å². The SMILES string of the molecule is CCC(C(=O)NC1CCc2ccccc21)N(C)C. The number of benzene rings is 1. The van der Waals surface area contributed by atoms with E-state index in [1.807, 2.05) is 32.0 Å². The summed E-state index contributed by atoms with van der Waals surface area (Å²) >= 11 is 0. The molecule has 2 rings (SSSR count). The molecule has 1 amide bonds. The average molecular weight is 246 g/mol. The number of hydrogen-bond acceptors (Lipinski definition) is 2. The Morgan fingerprint density at radius 3 is 2.83 bits per heavy atom. The van der Waals surface area contributed by atoms with E-state index in [0.29, 0.717) is 0 Å². The summed E-state index contributed by atoms with van der Waals surface area (Å²) in [6, 6.07) is 8.57. The molecule has 1 aliphatic rings. The molecule has 0 saturated carbocycles. The maximum absolute atomic E-state index is 12.2. The summed E-state index contributed by atoms with van der Waals surface area (Å²) in [6.07, 6.45) is 2.93. The molecule has 2 atom stereocenters. The first-order valence-electron chi connectivity index (χ1n) is 6.68. The minimum atomic E-state index is -0.0298. The highest BCUT2D eigenvalue weighted by molar-refractivity contribution is 5.82. The zero-order valence-corrected chi connectivity index (χ0v) is 11.4. The standard InChI is InChI=1S/C15H22N2O/c1-4-14(17(2)3)15(18)16-13-10-9-11-7-5-6-8-12(11)13/h5-8,13-14H,4,9-10H2,1-3H3,(H,16,18). The molecule has 1 N–H and O–H groups in total. The van der Waals surface area contributed by atoms with Crippen LogP contribution >= 0.6 is 0 Å². The monoisotopic (exact) mass is 246 g/mol. The average Bonchev–Trinajstić information content (AvgIpc) is 2.73. The molecule has 0 aromatic heterocycles. The van der Waals surface area contributed by atoms with Crippen molar-refractivity contribution in [3.05, 3.63) is 35.4 Å². The van der Waals surface area contributed by atoms with Gasteiger partial charge < -0.3 is 5.32 Å². The molecule has 0 saturated heterocycles. The zero-order valence-electron chi connectivity index (χ0n) is 11.4. The molecule has 0 heterocycles. The van der Waals surface area contributed by atoms with Crippen molar-refractivity contribution >= 4 is 5.91 Å². The number of fused-ring (bicyclic) bond motifs is 1. The van der Waals surface area contributed by atoms with Gasteiger partial charge in [0.25, 0.3) is 0 Å². The van der Waals surface area contributed by atoms with Crippen LogP contribution in [0.2, 0.25) is 0 Å². The van der Waals surface area contributed by atoms with Crippen molar-refractivity contribution in [2.45, 2.75) is 38.3 Å². The molecule has 0 aliphatic heterocycles. The molecular weight excluding hydrogens is 224 g/mol. The Bertz CT molecular complexity index is 428. The van der Waals surface area contributed by atoms with Gasteiger partial charge in [0.1, 0.15) is 0 Å². The third-order valence-electron chi connectivity index (χ3n) is 3.76. The normalized spacial score (nSPS) is 19.7. The Labute approximate surface area is 109 Å². The molecule has 98 valence electrons. The van der Waals surface area contributed by atoms with Gasteiger partial charge in [-0.2, -0.15) is 0 Å². The largest absolute Gasteiger partial charge is 0.348 e. The van der Waals surface area contributed by atoms with Crippen LogP contribution in [0.5, 0.6) is 0 Å². The van der Waals surface area contributed by atoms with Gasteiger partial charge >= 0.3 is 0 Å². The van der Waals surface area contributed by atoms with Gasteiger partial charge in [-0.25, -0.2) is 0 Å². The highest BCUT2D eigenvalue weighted by Gasteiger charge is 2.26. The number of aryl methyl sites for hydroxylation is 1. The van der Waals surface area contributed by atoms with Gasteiger partial charge in [-0.05, 0) is 44.5 Å². The molecule has 2 unspecified atom stereocenters. The van der Waals surface area contributed by atoms with E-state index in [9.17, 15) is 4.79 Å². The van der Waals surface area contributed by atoms with Crippen LogP contribution in [0, 0.1) is 0 Å². The third-order valence-corrected chi connectivity index (χ3v) is 3.76. The van der Waals surface area contributed by atoms with Crippen molar-refractivity contribution in [3.63, 3.8) is 0 Å². The molecule has 0 fully saturated rings. The van der Waals surface area contributed by atoms with E-state index in [0.717, 1.165) is 19.3 Å². The summed E-state index contributed by atoms with van der Waals surface area (Å²) in [7, 11) is 3.91. The molecular formula is C15H22N2O. The first kappa shape index (κ1) is 13.1. The second-order valence-corrected chi connectivity index (χ2v) is 5.19. The molecule has 3 nitrogen and oxygen atoms in total. The van der Waals surface area contributed by atoms with E-state index in [1.54, 1.807) is 0 Å². The highest BCUT2D eigenvalue weighted by atomic mass is 16.2. The van der Waals surface area contributed by atoms with Crippen molar-refractivity contribution in [3.8, 4) is 0 Å². The third kappa shape index (κ3) is 2.56. The van der Waals surface area contributed by atoms with Gasteiger partial charge in [0, 0.05) is 0 Å². The van der Waals surface area contributed by atoms with Gasteiger partial charge in [-0.3, -0.25) is 9.69 Å². The van der Waals surface area contributed by atoms with E-state index in [2.05, 4.69) is 23.5 Å². The fraction of sp³-hybridized carbons (Fsp3) is 0.533. The predicted octanol–water partition coefficient (Wildman–Crippen LogP) is 2.13. The Balaban J connectivity index is 2.05. The fourth-order valence-electron chi connectivity index (χ4n) is 2.76. The molecule has 1 aliphatic carbocycles. The number of nitrogens with one attached hydrogen (secondary N) is 1. The molecule has 18 heavy (non-hydrogen) atoms. The van der Waals surface area contributed by atoms with E-state index in [4.69, 9.17) is 0 Å². The smallest absolute Gasteiger partial charge is 0.237 e. The quantitative estimate of drug-likeness (QED) is 0.882. The maximum atomic E-state index is 12.2. The van der Waals surface area contributed by atoms with E-state index in [-0.39, 0.29) is 18.0 Å². The summed E-state index contributed by atoms with van der Waals surface area (Å²) in [5.74, 6) is 0.143. The number of hydrogen-bond donors (Lipinski definition) is 1. The van der Waals surface area contributed by atoms with Crippen LogP contribution < -0.4 is 5.32 Å². The molecule has 0 radical (unpaired) electrons. The molecule has 0 bridgehead atoms. The Hall–Kier alpha value is -1.35. The Morgan fingerprint density at radius 2 is 2.17 bits per heavy atom. The first-order chi connectivity index (χ1) is 8.63. The van der Waals surface area contributed by atoms with Crippen LogP contribution in [0.3, 0.4) is 0 Å². The topological polar surface area (TPSA) is 32.3 Å². The molecule has 1 aromatic rings. The minimum Gasteiger partial charge on any atom is -0.348 e. The number of carbonyl (C=O) groups excluding carboxylic acids is 1. The lowest BCUT2D eigenvalue weighted by Crippen LogP contribution is -2.44. The minimum absolute atomic E-state index is 0.0298. The number of amides is 1. The van der Waals surface area contributed by atoms with Crippen molar-refractivity contribution in [2.24, 2.45) is 0 Å². The van der Waals surface area contributed by atoms with Crippen molar-refractivity contribution in [1.29, 1.82) is 0 Å². The highest BCUT2D eigenvalue weighted by Crippen LogP contribution is 2.30. The zero-order chi connectivity index (χ0) is 13.1. The van der Waals surface area contributed by atoms with Gasteiger partial charge in [0.15, 0.2) is 0 Å². The van der Waals surface area contributed by atoms with Crippen molar-refractivity contribution in [1.82, 2.24) is 10.2 Å². The second kappa shape index (κ2) is 5.53. The number of likely N-dealkylation sites (N-methyl/N-ethyl adjacent to an activating group) is 1. The molecule has 1 aromatic carbocycles. The van der Waals surface area contributed by atoms with E-state index in [1.165, 1.54) is 11.1 Å². The maximum Gasteiger partial charge on any atom is 0.237 e. The van der Waals surface area contributed by atoms with Crippen LogP contribution in [-0.2, 0) is 11.2 Å². The van der Waals surface area contributed by atoms with Crippen LogP contribution in [0.15, 0.2) is 24.3 Å². The number of rotatable bonds is 4. The van der Waals surface area contributed by atoms with Crippen LogP contribution in [0.1, 0.15) is 36.9 Å². The lowest BCUT2D eigenvalue weighted by Gasteiger charge is -2.24. The number of nitrogens with zero attached hydrogens (tertiary/aromatic N) is 1. The van der Waals surface area contributed by atoms with Gasteiger partial charge in [-0.15, -0.1) is 0 Å². The molecule has 0 spiro atoms. The molecule has 3 heteroatoms. The van der Waals surface area contributed by atoms with E-state index >= 15 is 0 Å². The van der Waals surface area contributed by atoms with E-state index < -0.39 is 0 Å². The van der Waals surface area contributed by atoms with Crippen molar-refractivity contribution in [2.75, 3.05) is 14.1 Å². The van der Waals surface area contributed by atoms with Gasteiger partial charge in [0.2, 0.25) is 5.91 Å². The lowest BCUT2D eigenvalue weighted by molar-refractivity contribution is -0.126. The Kier molecular flexibility index (Phi) is 4.02. The summed E-state index contributed by atoms with van der Waals surface area (Å²) in [4.78, 5) is 14.2. The fourth-order valence-corrected chi connectivity index (χ4v) is 2.76. The summed E-state index contributed by atoms with van der Waals surface area (Å²) in [6.45, 7) is 2.05. The second-order valence-electron chi connectivity index (χ2n) is 5.19. The summed E-state index contributed by atoms with van der Waals surface area (Å²) < 4.78 is 0. The van der Waals surface area contributed by atoms with Crippen LogP contribution in [-0.4, -0.2) is 30.9 Å². The summed E-state index contributed by atoms with van der Waals surface area (Å²) in [5.41, 5.74) is 2.67. The van der Waals surface area contributed by atoms with Gasteiger partial charge in [-0.1, -0.05) is 31.2 Å². The van der Waals surface area contributed by atoms with Gasteiger partial charge in [0.05, 0.1) is 12.1 Å². The lowest BCUT2D eigenvalue weighted by atomic mass is 10.1.